The molecular weight excluding hydrogens is 194 g/mol. The maximum atomic E-state index is 10.6. The molecule has 0 aliphatic rings. The third-order valence-electron chi connectivity index (χ3n) is 1.45. The van der Waals surface area contributed by atoms with Crippen LogP contribution in [0.15, 0.2) is 24.5 Å². The fraction of sp³-hybridized carbons (Fsp3) is 0.273. The highest BCUT2D eigenvalue weighted by Gasteiger charge is 1.90. The van der Waals surface area contributed by atoms with Gasteiger partial charge in [-0.25, -0.2) is 0 Å². The second-order valence-electron chi connectivity index (χ2n) is 2.63. The first-order valence-corrected chi connectivity index (χ1v) is 5.30. The second kappa shape index (κ2) is 6.22. The first kappa shape index (κ1) is 10.8. The highest BCUT2D eigenvalue weighted by molar-refractivity contribution is 8.13. The molecule has 1 aromatic heterocycles. The SMILES string of the molecule is CC(=O)SCCC#Cc1ccncc1. The summed E-state index contributed by atoms with van der Waals surface area (Å²) in [7, 11) is 0. The molecule has 0 unspecified atom stereocenters. The van der Waals surface area contributed by atoms with Gasteiger partial charge < -0.3 is 0 Å². The van der Waals surface area contributed by atoms with Gasteiger partial charge in [0, 0.05) is 37.1 Å². The molecule has 1 heterocycles. The first-order chi connectivity index (χ1) is 6.79. The summed E-state index contributed by atoms with van der Waals surface area (Å²) in [6, 6.07) is 3.73. The Morgan fingerprint density at radius 1 is 1.50 bits per heavy atom. The summed E-state index contributed by atoms with van der Waals surface area (Å²) in [6.45, 7) is 1.57. The van der Waals surface area contributed by atoms with E-state index in [0.29, 0.717) is 0 Å². The Kier molecular flexibility index (Phi) is 4.81. The van der Waals surface area contributed by atoms with Crippen molar-refractivity contribution in [3.05, 3.63) is 30.1 Å². The van der Waals surface area contributed by atoms with Gasteiger partial charge in [-0.1, -0.05) is 23.6 Å². The summed E-state index contributed by atoms with van der Waals surface area (Å²) >= 11 is 1.31. The number of aromatic nitrogens is 1. The van der Waals surface area contributed by atoms with Gasteiger partial charge in [0.2, 0.25) is 0 Å². The summed E-state index contributed by atoms with van der Waals surface area (Å²) in [4.78, 5) is 14.5. The zero-order valence-electron chi connectivity index (χ0n) is 7.99. The average molecular weight is 205 g/mol. The maximum absolute atomic E-state index is 10.6. The standard InChI is InChI=1S/C11H11NOS/c1-10(13)14-9-3-2-4-11-5-7-12-8-6-11/h5-8H,3,9H2,1H3. The van der Waals surface area contributed by atoms with E-state index in [4.69, 9.17) is 0 Å². The molecule has 0 atom stereocenters. The molecule has 0 N–H and O–H groups in total. The lowest BCUT2D eigenvalue weighted by atomic mass is 10.3. The van der Waals surface area contributed by atoms with Gasteiger partial charge in [-0.05, 0) is 12.1 Å². The normalized spacial score (nSPS) is 8.93. The molecule has 0 bridgehead atoms. The highest BCUT2D eigenvalue weighted by Crippen LogP contribution is 2.02. The topological polar surface area (TPSA) is 30.0 Å². The lowest BCUT2D eigenvalue weighted by Crippen LogP contribution is -1.84. The Labute approximate surface area is 88.1 Å². The molecule has 0 aliphatic carbocycles. The molecule has 0 saturated heterocycles. The summed E-state index contributed by atoms with van der Waals surface area (Å²) in [5.41, 5.74) is 0.966. The average Bonchev–Trinajstić information content (AvgIpc) is 2.18. The van der Waals surface area contributed by atoms with Crippen LogP contribution in [0.1, 0.15) is 18.9 Å². The Hall–Kier alpha value is -1.27. The molecule has 14 heavy (non-hydrogen) atoms. The quantitative estimate of drug-likeness (QED) is 0.547. The van der Waals surface area contributed by atoms with Crippen molar-refractivity contribution >= 4 is 16.9 Å². The predicted molar refractivity (Wildman–Crippen MR) is 58.9 cm³/mol. The highest BCUT2D eigenvalue weighted by atomic mass is 32.2. The monoisotopic (exact) mass is 205 g/mol. The minimum Gasteiger partial charge on any atom is -0.288 e. The van der Waals surface area contributed by atoms with Gasteiger partial charge in [-0.3, -0.25) is 9.78 Å². The Balaban J connectivity index is 2.31. The number of hydrogen-bond donors (Lipinski definition) is 0. The van der Waals surface area contributed by atoms with Gasteiger partial charge >= 0.3 is 0 Å². The summed E-state index contributed by atoms with van der Waals surface area (Å²) < 4.78 is 0. The molecule has 0 aliphatic heterocycles. The molecule has 1 aromatic rings. The van der Waals surface area contributed by atoms with Gasteiger partial charge in [-0.2, -0.15) is 0 Å². The van der Waals surface area contributed by atoms with E-state index in [0.717, 1.165) is 17.7 Å². The number of rotatable bonds is 2. The van der Waals surface area contributed by atoms with Crippen LogP contribution in [0, 0.1) is 11.8 Å². The number of carbonyl (C=O) groups excluding carboxylic acids is 1. The molecule has 0 spiro atoms. The summed E-state index contributed by atoms with van der Waals surface area (Å²) in [5.74, 6) is 6.78. The predicted octanol–water partition coefficient (Wildman–Crippen LogP) is 2.10. The van der Waals surface area contributed by atoms with Crippen LogP contribution < -0.4 is 0 Å². The van der Waals surface area contributed by atoms with Crippen molar-refractivity contribution in [3.63, 3.8) is 0 Å². The van der Waals surface area contributed by atoms with Crippen LogP contribution in [0.4, 0.5) is 0 Å². The van der Waals surface area contributed by atoms with E-state index >= 15 is 0 Å². The molecule has 0 radical (unpaired) electrons. The van der Waals surface area contributed by atoms with Gasteiger partial charge in [0.05, 0.1) is 0 Å². The Morgan fingerprint density at radius 3 is 2.86 bits per heavy atom. The smallest absolute Gasteiger partial charge is 0.185 e. The van der Waals surface area contributed by atoms with E-state index in [1.54, 1.807) is 19.3 Å². The van der Waals surface area contributed by atoms with Crippen LogP contribution in [0.3, 0.4) is 0 Å². The molecule has 0 aromatic carbocycles. The fourth-order valence-electron chi connectivity index (χ4n) is 0.846. The van der Waals surface area contributed by atoms with E-state index < -0.39 is 0 Å². The van der Waals surface area contributed by atoms with Crippen molar-refractivity contribution in [3.8, 4) is 11.8 Å². The molecule has 72 valence electrons. The van der Waals surface area contributed by atoms with E-state index in [9.17, 15) is 4.79 Å². The summed E-state index contributed by atoms with van der Waals surface area (Å²) in [5, 5.41) is 0.149. The minimum absolute atomic E-state index is 0.149. The van der Waals surface area contributed by atoms with E-state index in [1.807, 2.05) is 12.1 Å². The third-order valence-corrected chi connectivity index (χ3v) is 2.26. The van der Waals surface area contributed by atoms with Crippen molar-refractivity contribution in [1.82, 2.24) is 4.98 Å². The molecule has 0 fully saturated rings. The van der Waals surface area contributed by atoms with Crippen molar-refractivity contribution in [1.29, 1.82) is 0 Å². The van der Waals surface area contributed by atoms with Crippen LogP contribution in [-0.4, -0.2) is 15.9 Å². The first-order valence-electron chi connectivity index (χ1n) is 4.31. The number of carbonyl (C=O) groups is 1. The molecule has 0 saturated carbocycles. The van der Waals surface area contributed by atoms with Gasteiger partial charge in [-0.15, -0.1) is 0 Å². The van der Waals surface area contributed by atoms with Crippen molar-refractivity contribution in [2.24, 2.45) is 0 Å². The number of hydrogen-bond acceptors (Lipinski definition) is 3. The minimum atomic E-state index is 0.149. The third kappa shape index (κ3) is 4.68. The van der Waals surface area contributed by atoms with Gasteiger partial charge in [0.15, 0.2) is 5.12 Å². The van der Waals surface area contributed by atoms with Gasteiger partial charge in [0.25, 0.3) is 0 Å². The van der Waals surface area contributed by atoms with Crippen LogP contribution in [-0.2, 0) is 4.79 Å². The zero-order chi connectivity index (χ0) is 10.2. The maximum Gasteiger partial charge on any atom is 0.185 e. The van der Waals surface area contributed by atoms with Crippen molar-refractivity contribution in [2.45, 2.75) is 13.3 Å². The number of nitrogens with zero attached hydrogens (tertiary/aromatic N) is 1. The van der Waals surface area contributed by atoms with Crippen LogP contribution in [0.5, 0.6) is 0 Å². The molecule has 3 heteroatoms. The zero-order valence-corrected chi connectivity index (χ0v) is 8.80. The van der Waals surface area contributed by atoms with Crippen LogP contribution in [0.2, 0.25) is 0 Å². The lowest BCUT2D eigenvalue weighted by molar-refractivity contribution is -0.109. The van der Waals surface area contributed by atoms with Crippen molar-refractivity contribution in [2.75, 3.05) is 5.75 Å². The molecule has 1 rings (SSSR count). The van der Waals surface area contributed by atoms with E-state index in [-0.39, 0.29) is 5.12 Å². The second-order valence-corrected chi connectivity index (χ2v) is 3.90. The van der Waals surface area contributed by atoms with E-state index in [1.165, 1.54) is 11.8 Å². The molecule has 0 amide bonds. The number of thioether (sulfide) groups is 1. The van der Waals surface area contributed by atoms with Crippen molar-refractivity contribution < 1.29 is 4.79 Å². The van der Waals surface area contributed by atoms with Crippen LogP contribution >= 0.6 is 11.8 Å². The Morgan fingerprint density at radius 2 is 2.21 bits per heavy atom. The lowest BCUT2D eigenvalue weighted by Gasteiger charge is -1.89. The Bertz CT molecular complexity index is 351. The van der Waals surface area contributed by atoms with Gasteiger partial charge in [0.1, 0.15) is 0 Å². The largest absolute Gasteiger partial charge is 0.288 e. The van der Waals surface area contributed by atoms with Crippen LogP contribution in [0.25, 0.3) is 0 Å². The summed E-state index contributed by atoms with van der Waals surface area (Å²) in [6.07, 6.45) is 4.18. The fourth-order valence-corrected chi connectivity index (χ4v) is 1.34. The molecular formula is C11H11NOS. The van der Waals surface area contributed by atoms with E-state index in [2.05, 4.69) is 16.8 Å². The number of pyridine rings is 1. The molecule has 2 nitrogen and oxygen atoms in total.